The molecule has 11 unspecified atom stereocenters. The molecule has 0 saturated carbocycles. The molecule has 4 heterocycles. The number of morpholine rings is 4. The average molecular weight is 1250 g/mol. The van der Waals surface area contributed by atoms with E-state index in [0.29, 0.717) is 33.0 Å². The van der Waals surface area contributed by atoms with Gasteiger partial charge in [0.2, 0.25) is 0 Å². The number of hydrogen-bond donors (Lipinski definition) is 0. The molecule has 0 aromatic carbocycles. The topological polar surface area (TPSA) is 86.8 Å². The molecule has 48 heavy (non-hydrogen) atoms. The molecule has 4 fully saturated rings. The van der Waals surface area contributed by atoms with Crippen molar-refractivity contribution in [3.63, 3.8) is 0 Å². The fourth-order valence-corrected chi connectivity index (χ4v) is 17.9. The van der Waals surface area contributed by atoms with Gasteiger partial charge >= 0.3 is 324 Å². The summed E-state index contributed by atoms with van der Waals surface area (Å²) >= 11 is 4.51. The summed E-state index contributed by atoms with van der Waals surface area (Å²) in [5.41, 5.74) is 0. The van der Waals surface area contributed by atoms with Crippen LogP contribution in [0.15, 0.2) is 0 Å². The van der Waals surface area contributed by atoms with Gasteiger partial charge in [0.1, 0.15) is 0 Å². The molecule has 4 aliphatic heterocycles. The third kappa shape index (κ3) is 13.6. The summed E-state index contributed by atoms with van der Waals surface area (Å²) in [6.45, 7) is 28.0. The van der Waals surface area contributed by atoms with Gasteiger partial charge in [0.25, 0.3) is 0 Å². The molecule has 0 aromatic heterocycles. The molecule has 0 bridgehead atoms. The van der Waals surface area contributed by atoms with E-state index in [0.717, 1.165) is 52.4 Å². The van der Waals surface area contributed by atoms with Gasteiger partial charge in [-0.25, -0.2) is 0 Å². The summed E-state index contributed by atoms with van der Waals surface area (Å²) in [6.07, 6.45) is 0.963. The van der Waals surface area contributed by atoms with Crippen LogP contribution in [0.25, 0.3) is 0 Å². The van der Waals surface area contributed by atoms with Gasteiger partial charge in [0.05, 0.1) is 0 Å². The van der Waals surface area contributed by atoms with Crippen molar-refractivity contribution in [1.29, 1.82) is 0 Å². The fourth-order valence-electron chi connectivity index (χ4n) is 6.76. The molecule has 282 valence electrons. The number of rotatable bonds is 15. The van der Waals surface area contributed by atoms with Gasteiger partial charge in [-0.1, -0.05) is 0 Å². The van der Waals surface area contributed by atoms with Crippen LogP contribution in [-0.4, -0.2) is 180 Å². The fraction of sp³-hybridized carbons (Fsp3) is 1.00. The second-order valence-electron chi connectivity index (χ2n) is 14.1. The second-order valence-corrected chi connectivity index (χ2v) is 43.3. The van der Waals surface area contributed by atoms with Gasteiger partial charge in [0.15, 0.2) is 0 Å². The zero-order chi connectivity index (χ0) is 35.3. The summed E-state index contributed by atoms with van der Waals surface area (Å²) in [7, 11) is 2.17. The van der Waals surface area contributed by atoms with Crippen LogP contribution in [0.5, 0.6) is 0 Å². The first-order valence-electron chi connectivity index (χ1n) is 17.3. The molecule has 0 amide bonds. The Labute approximate surface area is 321 Å². The zero-order valence-corrected chi connectivity index (χ0v) is 41.9. The third-order valence-electron chi connectivity index (χ3n) is 8.98. The van der Waals surface area contributed by atoms with Crippen molar-refractivity contribution in [2.75, 3.05) is 112 Å². The van der Waals surface area contributed by atoms with Crippen LogP contribution in [-0.2, 0) is 93.7 Å². The van der Waals surface area contributed by atoms with Gasteiger partial charge in [-0.05, 0) is 0 Å². The van der Waals surface area contributed by atoms with Crippen molar-refractivity contribution in [3.05, 3.63) is 0 Å². The first kappa shape index (κ1) is 43.6. The predicted octanol–water partition coefficient (Wildman–Crippen LogP) is 3.88. The van der Waals surface area contributed by atoms with Crippen LogP contribution >= 0.6 is 15.8 Å². The molecule has 0 aromatic rings. The van der Waals surface area contributed by atoms with Crippen molar-refractivity contribution in [3.8, 4) is 0 Å². The molecule has 0 radical (unpaired) electrons. The van der Waals surface area contributed by atoms with Gasteiger partial charge in [-0.3, -0.25) is 0 Å². The van der Waals surface area contributed by atoms with E-state index >= 15 is 0 Å². The van der Waals surface area contributed by atoms with Gasteiger partial charge in [0, 0.05) is 0 Å². The molecule has 0 aliphatic carbocycles. The van der Waals surface area contributed by atoms with Crippen molar-refractivity contribution < 1.29 is 93.7 Å². The Bertz CT molecular complexity index is 1170. The van der Waals surface area contributed by atoms with Crippen LogP contribution in [0.2, 0.25) is 0 Å². The van der Waals surface area contributed by atoms with E-state index in [9.17, 15) is 0 Å². The number of likely N-dealkylation sites (N-methyl/N-ethyl adjacent to an activating group) is 1. The van der Waals surface area contributed by atoms with Gasteiger partial charge in [-0.2, -0.15) is 0 Å². The molecule has 12 nitrogen and oxygen atoms in total. The third-order valence-corrected chi connectivity index (χ3v) is 25.8. The SMILES string of the molecule is CCOCC1CN([P](C)(=[W])OCC2CN([P](C)(=[W])OCC3CN([P](C)(=[W])OCC4CN(C)CC(C)O4)CC(C)O3)CC(C)O2)CC(C)O1. The zero-order valence-electron chi connectivity index (χ0n) is 30.4. The molecule has 4 saturated heterocycles. The molecule has 0 spiro atoms. The monoisotopic (exact) mass is 1250 g/mol. The first-order valence-corrected chi connectivity index (χ1v) is 35.1. The Balaban J connectivity index is 1.27. The second kappa shape index (κ2) is 19.6. The molecular formula is C30H61N4O8P3W3. The number of ether oxygens (including phenoxy) is 5. The molecule has 18 heteroatoms. The normalized spacial score (nSPS) is 37.4. The Hall–Kier alpha value is 2.87. The molecule has 0 N–H and O–H groups in total. The van der Waals surface area contributed by atoms with Crippen molar-refractivity contribution in [2.24, 2.45) is 0 Å². The standard InChI is InChI=1S/C30H61N4O8P3.3W/c1-10-35-19-28-16-32(12-24(3)40-28)43(7)37-21-30-18-34(14-26(5)42-30)45(9)38-22-29-17-33(13-25(4)41-29)44(8)36-20-27-15-31(6)11-23(2)39-27;;;/h23-30H,10-22H2,1-9H3;;;. The Morgan fingerprint density at radius 3 is 1.17 bits per heavy atom. The Kier molecular flexibility index (Phi) is 17.8. The van der Waals surface area contributed by atoms with Crippen molar-refractivity contribution >= 4 is 15.8 Å². The summed E-state index contributed by atoms with van der Waals surface area (Å²) in [4.78, 5) is 2.34. The first-order chi connectivity index (χ1) is 22.5. The minimum absolute atomic E-state index is 0.0236. The van der Waals surface area contributed by atoms with Crippen LogP contribution in [0.4, 0.5) is 0 Å². The minimum atomic E-state index is -1.78. The van der Waals surface area contributed by atoms with Gasteiger partial charge in [-0.15, -0.1) is 0 Å². The maximum atomic E-state index is 6.85. The van der Waals surface area contributed by atoms with Crippen LogP contribution < -0.4 is 0 Å². The Morgan fingerprint density at radius 2 is 0.833 bits per heavy atom. The van der Waals surface area contributed by atoms with E-state index in [2.05, 4.69) is 73.6 Å². The predicted molar refractivity (Wildman–Crippen MR) is 182 cm³/mol. The van der Waals surface area contributed by atoms with E-state index in [1.807, 2.05) is 6.92 Å². The summed E-state index contributed by atoms with van der Waals surface area (Å²) in [5, 5.41) is -5.21. The van der Waals surface area contributed by atoms with Crippen molar-refractivity contribution in [1.82, 2.24) is 18.9 Å². The van der Waals surface area contributed by atoms with E-state index < -0.39 is 15.8 Å². The summed E-state index contributed by atoms with van der Waals surface area (Å²) < 4.78 is 58.8. The molecule has 4 rings (SSSR count). The molecular weight excluding hydrogens is 1190 g/mol. The van der Waals surface area contributed by atoms with E-state index in [1.165, 1.54) is 56.4 Å². The summed E-state index contributed by atoms with van der Waals surface area (Å²) in [5.74, 6) is 0. The van der Waals surface area contributed by atoms with Crippen LogP contribution in [0.3, 0.4) is 0 Å². The van der Waals surface area contributed by atoms with E-state index in [1.54, 1.807) is 0 Å². The summed E-state index contributed by atoms with van der Waals surface area (Å²) in [6, 6.07) is 0. The quantitative estimate of drug-likeness (QED) is 0.224. The molecule has 4 aliphatic rings. The van der Waals surface area contributed by atoms with Crippen LogP contribution in [0, 0.1) is 0 Å². The van der Waals surface area contributed by atoms with E-state index in [-0.39, 0.29) is 48.8 Å². The van der Waals surface area contributed by atoms with Gasteiger partial charge < -0.3 is 0 Å². The van der Waals surface area contributed by atoms with Crippen molar-refractivity contribution in [2.45, 2.75) is 83.5 Å². The number of nitrogens with zero attached hydrogens (tertiary/aromatic N) is 4. The maximum absolute atomic E-state index is 6.85. The number of hydrogen-bond acceptors (Lipinski definition) is 12. The average Bonchev–Trinajstić information content (AvgIpc) is 3.00. The molecule has 11 atom stereocenters. The van der Waals surface area contributed by atoms with E-state index in [4.69, 9.17) is 37.3 Å². The Morgan fingerprint density at radius 1 is 0.521 bits per heavy atom. The van der Waals surface area contributed by atoms with Crippen LogP contribution in [0.1, 0.15) is 34.6 Å².